The monoisotopic (exact) mass is 241 g/mol. The lowest BCUT2D eigenvalue weighted by atomic mass is 10.1. The standard InChI is InChI=1S/C15H19N3/c16-9-4-10-17-11-13-7-8-15(18-12-13)14-5-2-1-3-6-14/h1-3,5-8,12,17H,4,9-11,16H2. The van der Waals surface area contributed by atoms with Crippen LogP contribution in [0.2, 0.25) is 0 Å². The lowest BCUT2D eigenvalue weighted by Crippen LogP contribution is -2.17. The number of hydrogen-bond acceptors (Lipinski definition) is 3. The number of nitrogens with zero attached hydrogens (tertiary/aromatic N) is 1. The van der Waals surface area contributed by atoms with Crippen molar-refractivity contribution in [3.05, 3.63) is 54.2 Å². The third kappa shape index (κ3) is 3.65. The van der Waals surface area contributed by atoms with E-state index in [1.807, 2.05) is 24.4 Å². The number of nitrogens with one attached hydrogen (secondary N) is 1. The second-order valence-corrected chi connectivity index (χ2v) is 4.24. The number of aromatic nitrogens is 1. The van der Waals surface area contributed by atoms with Crippen LogP contribution in [0.3, 0.4) is 0 Å². The summed E-state index contributed by atoms with van der Waals surface area (Å²) >= 11 is 0. The molecule has 18 heavy (non-hydrogen) atoms. The van der Waals surface area contributed by atoms with Crippen molar-refractivity contribution in [1.29, 1.82) is 0 Å². The molecule has 2 rings (SSSR count). The summed E-state index contributed by atoms with van der Waals surface area (Å²) in [5.74, 6) is 0. The first kappa shape index (κ1) is 12.7. The highest BCUT2D eigenvalue weighted by Crippen LogP contribution is 2.15. The Hall–Kier alpha value is -1.71. The van der Waals surface area contributed by atoms with E-state index in [0.29, 0.717) is 0 Å². The minimum Gasteiger partial charge on any atom is -0.330 e. The Bertz CT molecular complexity index is 451. The fourth-order valence-electron chi connectivity index (χ4n) is 1.77. The Labute approximate surface area is 108 Å². The molecule has 1 heterocycles. The fraction of sp³-hybridized carbons (Fsp3) is 0.267. The van der Waals surface area contributed by atoms with E-state index >= 15 is 0 Å². The molecule has 1 aromatic carbocycles. The maximum atomic E-state index is 5.44. The number of nitrogens with two attached hydrogens (primary N) is 1. The van der Waals surface area contributed by atoms with Gasteiger partial charge in [0.15, 0.2) is 0 Å². The molecular weight excluding hydrogens is 222 g/mol. The number of benzene rings is 1. The van der Waals surface area contributed by atoms with E-state index in [9.17, 15) is 0 Å². The number of rotatable bonds is 6. The number of hydrogen-bond donors (Lipinski definition) is 2. The molecule has 0 unspecified atom stereocenters. The lowest BCUT2D eigenvalue weighted by molar-refractivity contribution is 0.654. The summed E-state index contributed by atoms with van der Waals surface area (Å²) in [6.07, 6.45) is 2.94. The van der Waals surface area contributed by atoms with Crippen molar-refractivity contribution in [2.75, 3.05) is 13.1 Å². The molecule has 0 aliphatic heterocycles. The van der Waals surface area contributed by atoms with Crippen molar-refractivity contribution in [1.82, 2.24) is 10.3 Å². The van der Waals surface area contributed by atoms with Gasteiger partial charge in [-0.1, -0.05) is 36.4 Å². The average molecular weight is 241 g/mol. The van der Waals surface area contributed by atoms with Crippen LogP contribution in [0.25, 0.3) is 11.3 Å². The Morgan fingerprint density at radius 1 is 1.06 bits per heavy atom. The van der Waals surface area contributed by atoms with Gasteiger partial charge in [-0.2, -0.15) is 0 Å². The highest BCUT2D eigenvalue weighted by Gasteiger charge is 1.98. The van der Waals surface area contributed by atoms with Gasteiger partial charge in [-0.15, -0.1) is 0 Å². The van der Waals surface area contributed by atoms with Crippen molar-refractivity contribution < 1.29 is 0 Å². The molecule has 3 N–H and O–H groups in total. The van der Waals surface area contributed by atoms with Gasteiger partial charge in [-0.25, -0.2) is 0 Å². The summed E-state index contributed by atoms with van der Waals surface area (Å²) in [5, 5.41) is 3.34. The van der Waals surface area contributed by atoms with Crippen molar-refractivity contribution in [3.63, 3.8) is 0 Å². The van der Waals surface area contributed by atoms with Crippen LogP contribution in [0.1, 0.15) is 12.0 Å². The molecule has 0 bridgehead atoms. The molecule has 0 atom stereocenters. The van der Waals surface area contributed by atoms with E-state index < -0.39 is 0 Å². The van der Waals surface area contributed by atoms with Crippen LogP contribution in [0.15, 0.2) is 48.7 Å². The van der Waals surface area contributed by atoms with Gasteiger partial charge in [-0.05, 0) is 31.1 Å². The van der Waals surface area contributed by atoms with Crippen LogP contribution in [0.5, 0.6) is 0 Å². The van der Waals surface area contributed by atoms with E-state index in [2.05, 4.69) is 34.6 Å². The van der Waals surface area contributed by atoms with Crippen LogP contribution in [0.4, 0.5) is 0 Å². The number of pyridine rings is 1. The fourth-order valence-corrected chi connectivity index (χ4v) is 1.77. The van der Waals surface area contributed by atoms with Crippen molar-refractivity contribution in [3.8, 4) is 11.3 Å². The van der Waals surface area contributed by atoms with Gasteiger partial charge in [0, 0.05) is 18.3 Å². The van der Waals surface area contributed by atoms with Crippen LogP contribution in [0, 0.1) is 0 Å². The van der Waals surface area contributed by atoms with Gasteiger partial charge in [0.2, 0.25) is 0 Å². The highest BCUT2D eigenvalue weighted by molar-refractivity contribution is 5.58. The second-order valence-electron chi connectivity index (χ2n) is 4.24. The molecule has 0 aliphatic carbocycles. The maximum Gasteiger partial charge on any atom is 0.0702 e. The average Bonchev–Trinajstić information content (AvgIpc) is 2.45. The molecule has 1 aromatic heterocycles. The lowest BCUT2D eigenvalue weighted by Gasteiger charge is -2.05. The Morgan fingerprint density at radius 2 is 1.89 bits per heavy atom. The Balaban J connectivity index is 1.94. The first-order valence-electron chi connectivity index (χ1n) is 6.31. The summed E-state index contributed by atoms with van der Waals surface area (Å²) in [6.45, 7) is 2.54. The predicted molar refractivity (Wildman–Crippen MR) is 75.1 cm³/mol. The first-order valence-corrected chi connectivity index (χ1v) is 6.31. The molecule has 3 heteroatoms. The van der Waals surface area contributed by atoms with Gasteiger partial charge in [0.05, 0.1) is 5.69 Å². The predicted octanol–water partition coefficient (Wildman–Crippen LogP) is 2.19. The Kier molecular flexibility index (Phi) is 4.88. The molecule has 0 radical (unpaired) electrons. The second kappa shape index (κ2) is 6.89. The topological polar surface area (TPSA) is 50.9 Å². The summed E-state index contributed by atoms with van der Waals surface area (Å²) in [6, 6.07) is 14.4. The van der Waals surface area contributed by atoms with Crippen LogP contribution in [-0.2, 0) is 6.54 Å². The molecule has 0 aliphatic rings. The molecule has 0 saturated carbocycles. The first-order chi connectivity index (χ1) is 8.90. The minimum absolute atomic E-state index is 0.734. The molecule has 0 fully saturated rings. The quantitative estimate of drug-likeness (QED) is 0.762. The Morgan fingerprint density at radius 3 is 2.56 bits per heavy atom. The highest BCUT2D eigenvalue weighted by atomic mass is 14.9. The molecular formula is C15H19N3. The minimum atomic E-state index is 0.734. The molecule has 2 aromatic rings. The van der Waals surface area contributed by atoms with Gasteiger partial charge < -0.3 is 11.1 Å². The van der Waals surface area contributed by atoms with Crippen molar-refractivity contribution in [2.24, 2.45) is 5.73 Å². The third-order valence-electron chi connectivity index (χ3n) is 2.78. The zero-order chi connectivity index (χ0) is 12.6. The molecule has 0 saturated heterocycles. The summed E-state index contributed by atoms with van der Waals surface area (Å²) in [4.78, 5) is 4.48. The van der Waals surface area contributed by atoms with Crippen LogP contribution < -0.4 is 11.1 Å². The van der Waals surface area contributed by atoms with E-state index in [1.165, 1.54) is 5.56 Å². The van der Waals surface area contributed by atoms with Gasteiger partial charge in [0.25, 0.3) is 0 Å². The van der Waals surface area contributed by atoms with E-state index in [0.717, 1.165) is 37.3 Å². The van der Waals surface area contributed by atoms with E-state index in [-0.39, 0.29) is 0 Å². The summed E-state index contributed by atoms with van der Waals surface area (Å²) < 4.78 is 0. The summed E-state index contributed by atoms with van der Waals surface area (Å²) in [7, 11) is 0. The van der Waals surface area contributed by atoms with Gasteiger partial charge in [0.1, 0.15) is 0 Å². The molecule has 3 nitrogen and oxygen atoms in total. The smallest absolute Gasteiger partial charge is 0.0702 e. The van der Waals surface area contributed by atoms with Crippen LogP contribution in [-0.4, -0.2) is 18.1 Å². The molecule has 0 spiro atoms. The zero-order valence-electron chi connectivity index (χ0n) is 10.5. The largest absolute Gasteiger partial charge is 0.330 e. The van der Waals surface area contributed by atoms with Crippen molar-refractivity contribution in [2.45, 2.75) is 13.0 Å². The van der Waals surface area contributed by atoms with Crippen molar-refractivity contribution >= 4 is 0 Å². The van der Waals surface area contributed by atoms with Crippen LogP contribution >= 0.6 is 0 Å². The van der Waals surface area contributed by atoms with Gasteiger partial charge in [-0.3, -0.25) is 4.98 Å². The van der Waals surface area contributed by atoms with Gasteiger partial charge >= 0.3 is 0 Å². The van der Waals surface area contributed by atoms with E-state index in [1.54, 1.807) is 0 Å². The maximum absolute atomic E-state index is 5.44. The van der Waals surface area contributed by atoms with E-state index in [4.69, 9.17) is 5.73 Å². The SMILES string of the molecule is NCCCNCc1ccc(-c2ccccc2)nc1. The molecule has 94 valence electrons. The molecule has 0 amide bonds. The summed E-state index contributed by atoms with van der Waals surface area (Å²) in [5.41, 5.74) is 8.81. The normalized spacial score (nSPS) is 10.5. The zero-order valence-corrected chi connectivity index (χ0v) is 10.5. The third-order valence-corrected chi connectivity index (χ3v) is 2.78.